The van der Waals surface area contributed by atoms with Crippen LogP contribution in [0.25, 0.3) is 17.2 Å². The Bertz CT molecular complexity index is 695. The first-order valence-corrected chi connectivity index (χ1v) is 5.78. The molecular formula is C15H11F2NO. The molecular weight excluding hydrogens is 248 g/mol. The lowest BCUT2D eigenvalue weighted by Gasteiger charge is -2.22. The Balaban J connectivity index is 2.29. The van der Waals surface area contributed by atoms with Gasteiger partial charge in [-0.15, -0.1) is 0 Å². The summed E-state index contributed by atoms with van der Waals surface area (Å²) in [6, 6.07) is 6.45. The zero-order chi connectivity index (χ0) is 13.6. The number of benzene rings is 2. The van der Waals surface area contributed by atoms with Crippen molar-refractivity contribution in [3.8, 4) is 16.9 Å². The quantitative estimate of drug-likeness (QED) is 0.791. The lowest BCUT2D eigenvalue weighted by Crippen LogP contribution is -2.11. The van der Waals surface area contributed by atoms with E-state index in [1.165, 1.54) is 12.1 Å². The third-order valence-corrected chi connectivity index (χ3v) is 3.27. The molecule has 0 spiro atoms. The predicted molar refractivity (Wildman–Crippen MR) is 70.6 cm³/mol. The number of nitrogens with two attached hydrogens (primary N) is 1. The molecule has 0 radical (unpaired) electrons. The molecule has 2 aromatic carbocycles. The van der Waals surface area contributed by atoms with E-state index in [1.54, 1.807) is 18.2 Å². The van der Waals surface area contributed by atoms with Gasteiger partial charge in [0.25, 0.3) is 0 Å². The van der Waals surface area contributed by atoms with Crippen LogP contribution in [-0.2, 0) is 6.61 Å². The first kappa shape index (κ1) is 11.7. The van der Waals surface area contributed by atoms with Crippen molar-refractivity contribution < 1.29 is 13.5 Å². The Morgan fingerprint density at radius 3 is 2.58 bits per heavy atom. The zero-order valence-corrected chi connectivity index (χ0v) is 10.0. The second kappa shape index (κ2) is 4.09. The predicted octanol–water partition coefficient (Wildman–Crippen LogP) is 3.75. The second-order valence-electron chi connectivity index (χ2n) is 4.33. The molecule has 0 unspecified atom stereocenters. The SMILES string of the molecule is C=Cc1ccc2c(c1F)COc1c-2ccc(N)c1F. The Morgan fingerprint density at radius 2 is 1.84 bits per heavy atom. The summed E-state index contributed by atoms with van der Waals surface area (Å²) in [5.41, 5.74) is 7.48. The van der Waals surface area contributed by atoms with E-state index in [9.17, 15) is 8.78 Å². The molecule has 4 heteroatoms. The van der Waals surface area contributed by atoms with Crippen LogP contribution in [0.4, 0.5) is 14.5 Å². The number of ether oxygens (including phenoxy) is 1. The van der Waals surface area contributed by atoms with Crippen molar-refractivity contribution in [3.05, 3.63) is 53.6 Å². The smallest absolute Gasteiger partial charge is 0.188 e. The fourth-order valence-electron chi connectivity index (χ4n) is 2.26. The molecule has 0 aliphatic carbocycles. The largest absolute Gasteiger partial charge is 0.485 e. The molecule has 0 fully saturated rings. The number of halogens is 2. The van der Waals surface area contributed by atoms with Crippen molar-refractivity contribution in [1.82, 2.24) is 0 Å². The van der Waals surface area contributed by atoms with Crippen molar-refractivity contribution in [1.29, 1.82) is 0 Å². The van der Waals surface area contributed by atoms with Crippen LogP contribution in [0, 0.1) is 11.6 Å². The van der Waals surface area contributed by atoms with Crippen LogP contribution in [0.5, 0.6) is 5.75 Å². The van der Waals surface area contributed by atoms with Gasteiger partial charge in [-0.2, -0.15) is 0 Å². The monoisotopic (exact) mass is 259 g/mol. The number of nitrogen functional groups attached to an aromatic ring is 1. The van der Waals surface area contributed by atoms with Gasteiger partial charge in [-0.25, -0.2) is 8.78 Å². The van der Waals surface area contributed by atoms with Gasteiger partial charge in [0, 0.05) is 16.7 Å². The normalized spacial score (nSPS) is 12.3. The van der Waals surface area contributed by atoms with Crippen LogP contribution in [0.15, 0.2) is 30.8 Å². The summed E-state index contributed by atoms with van der Waals surface area (Å²) in [5, 5.41) is 0. The van der Waals surface area contributed by atoms with Gasteiger partial charge < -0.3 is 10.5 Å². The number of fused-ring (bicyclic) bond motifs is 3. The van der Waals surface area contributed by atoms with Crippen molar-refractivity contribution >= 4 is 11.8 Å². The second-order valence-corrected chi connectivity index (χ2v) is 4.33. The van der Waals surface area contributed by atoms with Crippen molar-refractivity contribution in [2.24, 2.45) is 0 Å². The molecule has 0 saturated carbocycles. The van der Waals surface area contributed by atoms with E-state index in [-0.39, 0.29) is 23.9 Å². The first-order valence-electron chi connectivity index (χ1n) is 5.78. The van der Waals surface area contributed by atoms with Gasteiger partial charge in [0.2, 0.25) is 0 Å². The first-order chi connectivity index (χ1) is 9.13. The molecule has 2 N–H and O–H groups in total. The fourth-order valence-corrected chi connectivity index (χ4v) is 2.26. The van der Waals surface area contributed by atoms with Gasteiger partial charge in [0.15, 0.2) is 11.6 Å². The molecule has 0 amide bonds. The fraction of sp³-hybridized carbons (Fsp3) is 0.0667. The topological polar surface area (TPSA) is 35.2 Å². The van der Waals surface area contributed by atoms with Gasteiger partial charge in [-0.1, -0.05) is 24.8 Å². The summed E-state index contributed by atoms with van der Waals surface area (Å²) >= 11 is 0. The van der Waals surface area contributed by atoms with E-state index in [4.69, 9.17) is 10.5 Å². The van der Waals surface area contributed by atoms with Crippen LogP contribution in [0.1, 0.15) is 11.1 Å². The maximum Gasteiger partial charge on any atom is 0.188 e. The highest BCUT2D eigenvalue weighted by molar-refractivity contribution is 5.78. The average molecular weight is 259 g/mol. The van der Waals surface area contributed by atoms with E-state index < -0.39 is 5.82 Å². The molecule has 0 saturated heterocycles. The summed E-state index contributed by atoms with van der Waals surface area (Å²) in [7, 11) is 0. The third kappa shape index (κ3) is 1.60. The molecule has 96 valence electrons. The third-order valence-electron chi connectivity index (χ3n) is 3.27. The van der Waals surface area contributed by atoms with Crippen LogP contribution in [-0.4, -0.2) is 0 Å². The minimum Gasteiger partial charge on any atom is -0.485 e. The van der Waals surface area contributed by atoms with E-state index >= 15 is 0 Å². The van der Waals surface area contributed by atoms with Crippen LogP contribution < -0.4 is 10.5 Å². The Morgan fingerprint density at radius 1 is 1.11 bits per heavy atom. The van der Waals surface area contributed by atoms with Crippen molar-refractivity contribution in [3.63, 3.8) is 0 Å². The molecule has 2 aromatic rings. The van der Waals surface area contributed by atoms with Gasteiger partial charge in [0.05, 0.1) is 5.69 Å². The highest BCUT2D eigenvalue weighted by atomic mass is 19.1. The lowest BCUT2D eigenvalue weighted by molar-refractivity contribution is 0.281. The van der Waals surface area contributed by atoms with Gasteiger partial charge in [0.1, 0.15) is 12.4 Å². The van der Waals surface area contributed by atoms with E-state index in [1.807, 2.05) is 0 Å². The van der Waals surface area contributed by atoms with E-state index in [0.29, 0.717) is 22.3 Å². The highest BCUT2D eigenvalue weighted by Crippen LogP contribution is 2.42. The number of hydrogen-bond acceptors (Lipinski definition) is 2. The van der Waals surface area contributed by atoms with Gasteiger partial charge in [-0.05, 0) is 17.7 Å². The molecule has 1 aliphatic heterocycles. The summed E-state index contributed by atoms with van der Waals surface area (Å²) in [6.45, 7) is 3.54. The molecule has 1 heterocycles. The maximum atomic E-state index is 14.2. The highest BCUT2D eigenvalue weighted by Gasteiger charge is 2.24. The molecule has 2 nitrogen and oxygen atoms in total. The summed E-state index contributed by atoms with van der Waals surface area (Å²) in [4.78, 5) is 0. The van der Waals surface area contributed by atoms with Crippen LogP contribution >= 0.6 is 0 Å². The van der Waals surface area contributed by atoms with Crippen molar-refractivity contribution in [2.45, 2.75) is 6.61 Å². The number of rotatable bonds is 1. The average Bonchev–Trinajstić information content (AvgIpc) is 2.43. The summed E-state index contributed by atoms with van der Waals surface area (Å²) < 4.78 is 33.3. The molecule has 0 bridgehead atoms. The standard InChI is InChI=1S/C15H11F2NO/c1-2-8-3-4-9-10-5-6-12(18)14(17)15(10)19-7-11(9)13(8)16/h2-6H,1,7,18H2. The van der Waals surface area contributed by atoms with Gasteiger partial charge >= 0.3 is 0 Å². The van der Waals surface area contributed by atoms with Crippen LogP contribution in [0.2, 0.25) is 0 Å². The maximum absolute atomic E-state index is 14.2. The molecule has 0 aromatic heterocycles. The van der Waals surface area contributed by atoms with Crippen molar-refractivity contribution in [2.75, 3.05) is 5.73 Å². The number of anilines is 1. The Hall–Kier alpha value is -2.36. The summed E-state index contributed by atoms with van der Waals surface area (Å²) in [6.07, 6.45) is 1.44. The van der Waals surface area contributed by atoms with Crippen LogP contribution in [0.3, 0.4) is 0 Å². The Labute approximate surface area is 109 Å². The molecule has 3 rings (SSSR count). The van der Waals surface area contributed by atoms with Gasteiger partial charge in [-0.3, -0.25) is 0 Å². The lowest BCUT2D eigenvalue weighted by atomic mass is 9.94. The zero-order valence-electron chi connectivity index (χ0n) is 10.0. The number of hydrogen-bond donors (Lipinski definition) is 1. The van der Waals surface area contributed by atoms with E-state index in [2.05, 4.69) is 6.58 Å². The molecule has 0 atom stereocenters. The minimum absolute atomic E-state index is 0.0176. The minimum atomic E-state index is -0.601. The summed E-state index contributed by atoms with van der Waals surface area (Å²) in [5.74, 6) is -0.898. The molecule has 19 heavy (non-hydrogen) atoms. The van der Waals surface area contributed by atoms with E-state index in [0.717, 1.165) is 0 Å². The Kier molecular flexibility index (Phi) is 2.52. The molecule has 1 aliphatic rings.